The average Bonchev–Trinajstić information content (AvgIpc) is 2.41. The molecule has 0 bridgehead atoms. The Morgan fingerprint density at radius 2 is 0.640 bits per heavy atom. The summed E-state index contributed by atoms with van der Waals surface area (Å²) in [5, 5.41) is 0. The lowest BCUT2D eigenvalue weighted by atomic mass is 8.35. The van der Waals surface area contributed by atoms with Gasteiger partial charge in [-0.3, -0.25) is 0 Å². The van der Waals surface area contributed by atoms with Gasteiger partial charge in [-0.25, -0.2) is 0 Å². The van der Waals surface area contributed by atoms with Gasteiger partial charge in [0.05, 0.1) is 101 Å². The predicted octanol–water partition coefficient (Wildman–Crippen LogP) is -16.7. The van der Waals surface area contributed by atoms with E-state index in [0.717, 1.165) is 70.2 Å². The van der Waals surface area contributed by atoms with Crippen LogP contribution in [0.1, 0.15) is 0 Å². The second-order valence-corrected chi connectivity index (χ2v) is 10.8. The maximum Gasteiger partial charge on any atom is 0.0593 e. The van der Waals surface area contributed by atoms with Crippen LogP contribution in [-0.4, -0.2) is 178 Å². The zero-order valence-corrected chi connectivity index (χ0v) is 20.1. The molecule has 0 aliphatic rings. The van der Waals surface area contributed by atoms with Gasteiger partial charge in [0.1, 0.15) is 0 Å². The van der Waals surface area contributed by atoms with Crippen LogP contribution < -0.4 is 0 Å². The fraction of sp³-hybridized carbons (Fsp3) is 0. The van der Waals surface area contributed by atoms with Gasteiger partial charge in [-0.1, -0.05) is 0 Å². The second kappa shape index (κ2) is 12.2. The van der Waals surface area contributed by atoms with Gasteiger partial charge in [0.2, 0.25) is 0 Å². The fourth-order valence-corrected chi connectivity index (χ4v) is 6.50. The molecule has 0 rings (SSSR count). The van der Waals surface area contributed by atoms with E-state index < -0.39 is 0 Å². The first kappa shape index (κ1) is 26.6. The molecule has 0 N–H and O–H groups in total. The summed E-state index contributed by atoms with van der Waals surface area (Å²) in [6, 6.07) is 0. The van der Waals surface area contributed by atoms with E-state index >= 15 is 0 Å². The molecule has 0 heterocycles. The van der Waals surface area contributed by atoms with Crippen LogP contribution in [0, 0.1) is 0 Å². The van der Waals surface area contributed by atoms with Crippen molar-refractivity contribution in [2.45, 2.75) is 0 Å². The summed E-state index contributed by atoms with van der Waals surface area (Å²) in [6.07, 6.45) is 8.70. The quantitative estimate of drug-likeness (QED) is 0.332. The number of hydrogen-bond donors (Lipinski definition) is 0. The molecule has 25 heteroatoms. The monoisotopic (exact) mass is 302 g/mol. The fourth-order valence-electron chi connectivity index (χ4n) is 6.50. The van der Waals surface area contributed by atoms with Gasteiger partial charge in [-0.05, 0) is 0 Å². The summed E-state index contributed by atoms with van der Waals surface area (Å²) in [4.78, 5) is 0. The molecular formula is H27B25. The van der Waals surface area contributed by atoms with E-state index in [-0.39, 0.29) is 0 Å². The molecule has 0 aromatic rings. The molecule has 0 aromatic carbocycles. The van der Waals surface area contributed by atoms with E-state index in [2.05, 4.69) is 101 Å². The van der Waals surface area contributed by atoms with Crippen molar-refractivity contribution in [3.8, 4) is 0 Å². The van der Waals surface area contributed by atoms with E-state index in [0.29, 0.717) is 0 Å². The van der Waals surface area contributed by atoms with Crippen molar-refractivity contribution in [3.05, 3.63) is 0 Å². The third-order valence-corrected chi connectivity index (χ3v) is 7.00. The Morgan fingerprint density at radius 3 is 0.800 bits per heavy atom. The van der Waals surface area contributed by atoms with Crippen LogP contribution in [0.3, 0.4) is 0 Å². The molecule has 0 unspecified atom stereocenters. The first-order chi connectivity index (χ1) is 11.4. The summed E-state index contributed by atoms with van der Waals surface area (Å²) < 4.78 is 0. The highest BCUT2D eigenvalue weighted by molar-refractivity contribution is 8.24. The van der Waals surface area contributed by atoms with Crippen LogP contribution in [-0.2, 0) is 0 Å². The molecule has 25 heavy (non-hydrogen) atoms. The molecular weight excluding hydrogens is 270 g/mol. The van der Waals surface area contributed by atoms with Crippen molar-refractivity contribution in [1.29, 1.82) is 0 Å². The van der Waals surface area contributed by atoms with E-state index in [4.69, 9.17) is 0 Å². The molecule has 0 nitrogen and oxygen atoms in total. The van der Waals surface area contributed by atoms with E-state index in [1.807, 2.05) is 0 Å². The Morgan fingerprint density at radius 1 is 0.360 bits per heavy atom. The van der Waals surface area contributed by atoms with Crippen molar-refractivity contribution in [3.63, 3.8) is 0 Å². The van der Waals surface area contributed by atoms with Gasteiger partial charge in [0.25, 0.3) is 0 Å². The Bertz CT molecular complexity index is 298. The summed E-state index contributed by atoms with van der Waals surface area (Å²) in [6.45, 7) is 0. The highest BCUT2D eigenvalue weighted by atomic mass is 13.3. The highest BCUT2D eigenvalue weighted by Gasteiger charge is 2.49. The molecule has 0 amide bonds. The summed E-state index contributed by atoms with van der Waals surface area (Å²) in [5.41, 5.74) is 0. The highest BCUT2D eigenvalue weighted by Crippen LogP contribution is 2.10. The van der Waals surface area contributed by atoms with Crippen LogP contribution in [0.25, 0.3) is 0 Å². The molecule has 0 aliphatic heterocycles. The van der Waals surface area contributed by atoms with Crippen molar-refractivity contribution < 1.29 is 0 Å². The SMILES string of the molecule is BBB(B(B)B)B(B(B)B)B(B(B(B)B)B(B)B)B(B(B)B)B(B)B. The average molecular weight is 298 g/mol. The Labute approximate surface area is 177 Å². The lowest BCUT2D eigenvalue weighted by Crippen LogP contribution is -2.85. The van der Waals surface area contributed by atoms with Crippen LogP contribution >= 0.6 is 0 Å². The predicted molar refractivity (Wildman–Crippen MR) is 182 cm³/mol. The standard InChI is InChI=1S/B25H27/c1-14-21(15(2)3)24(20(12)13)25(22(16(4)5)17(6)7)23(18(8)9)19(10)11/h14H,1-13H2. The van der Waals surface area contributed by atoms with Crippen LogP contribution in [0.2, 0.25) is 0 Å². The molecule has 0 saturated heterocycles. The Balaban J connectivity index is 6.38. The first-order valence-electron chi connectivity index (χ1n) is 11.4. The van der Waals surface area contributed by atoms with E-state index in [1.165, 1.54) is 7.06 Å². The smallest absolute Gasteiger partial charge is 0.000292 e. The molecule has 0 atom stereocenters. The Hall–Kier alpha value is 1.62. The van der Waals surface area contributed by atoms with Crippen LogP contribution in [0.15, 0.2) is 0 Å². The van der Waals surface area contributed by atoms with Crippen LogP contribution in [0.5, 0.6) is 0 Å². The summed E-state index contributed by atoms with van der Waals surface area (Å²) >= 11 is 0. The van der Waals surface area contributed by atoms with Crippen molar-refractivity contribution in [2.75, 3.05) is 0 Å². The zero-order chi connectivity index (χ0) is 20.1. The first-order valence-corrected chi connectivity index (χ1v) is 11.4. The molecule has 0 radical (unpaired) electrons. The molecule has 0 aromatic heterocycles. The van der Waals surface area contributed by atoms with E-state index in [1.54, 1.807) is 0 Å². The Kier molecular flexibility index (Phi) is 13.0. The van der Waals surface area contributed by atoms with Gasteiger partial charge in [-0.15, -0.1) is 0 Å². The maximum atomic E-state index is 2.50. The van der Waals surface area contributed by atoms with Gasteiger partial charge in [0.15, 0.2) is 0 Å². The minimum absolute atomic E-state index is 0.760. The van der Waals surface area contributed by atoms with E-state index in [9.17, 15) is 0 Å². The molecule has 0 fully saturated rings. The lowest BCUT2D eigenvalue weighted by molar-refractivity contribution is 3.29. The van der Waals surface area contributed by atoms with Crippen molar-refractivity contribution in [1.82, 2.24) is 0 Å². The topological polar surface area (TPSA) is 0 Å². The van der Waals surface area contributed by atoms with Crippen molar-refractivity contribution >= 4 is 178 Å². The normalized spacial score (nSPS) is 9.28. The second-order valence-electron chi connectivity index (χ2n) is 10.8. The molecule has 102 valence electrons. The number of hydrogen-bond acceptors (Lipinski definition) is 0. The van der Waals surface area contributed by atoms with Crippen LogP contribution in [0.4, 0.5) is 0 Å². The third-order valence-electron chi connectivity index (χ3n) is 7.00. The summed E-state index contributed by atoms with van der Waals surface area (Å²) in [5.74, 6) is 0. The molecule has 0 saturated carbocycles. The minimum Gasteiger partial charge on any atom is 0.000292 e. The van der Waals surface area contributed by atoms with Crippen molar-refractivity contribution in [2.24, 2.45) is 0 Å². The molecule has 0 spiro atoms. The minimum atomic E-state index is 0.760. The summed E-state index contributed by atoms with van der Waals surface area (Å²) in [7, 11) is 33.5. The number of rotatable bonds is 11. The van der Waals surface area contributed by atoms with Gasteiger partial charge >= 0.3 is 0 Å². The molecule has 0 aliphatic carbocycles. The lowest BCUT2D eigenvalue weighted by Gasteiger charge is -2.45. The maximum absolute atomic E-state index is 2.50. The third kappa shape index (κ3) is 7.51. The largest absolute Gasteiger partial charge is 0.0593 e. The zero-order valence-electron chi connectivity index (χ0n) is 20.1. The van der Waals surface area contributed by atoms with Gasteiger partial charge in [0, 0.05) is 77.3 Å². The van der Waals surface area contributed by atoms with Gasteiger partial charge < -0.3 is 0 Å². The van der Waals surface area contributed by atoms with Gasteiger partial charge in [-0.2, -0.15) is 0 Å².